The number of aryl methyl sites for hydroxylation is 1. The van der Waals surface area contributed by atoms with Crippen molar-refractivity contribution in [3.8, 4) is 5.75 Å². The molecule has 0 saturated carbocycles. The molecule has 1 aromatic carbocycles. The van der Waals surface area contributed by atoms with Gasteiger partial charge in [-0.1, -0.05) is 18.2 Å². The van der Waals surface area contributed by atoms with E-state index in [4.69, 9.17) is 14.2 Å². The Kier molecular flexibility index (Phi) is 5.12. The van der Waals surface area contributed by atoms with Crippen LogP contribution in [0.1, 0.15) is 37.7 Å². The molecule has 2 aromatic rings. The topological polar surface area (TPSA) is 94.7 Å². The maximum atomic E-state index is 12.4. The second-order valence-corrected chi connectivity index (χ2v) is 6.11. The SMILES string of the molecule is COC(=O)c1c(C)[nH]c(C(=O)COC(=O)C2=Cc3ccccc3OC2)c1C. The van der Waals surface area contributed by atoms with E-state index in [9.17, 15) is 14.4 Å². The summed E-state index contributed by atoms with van der Waals surface area (Å²) in [4.78, 5) is 39.3. The molecule has 0 bridgehead atoms. The maximum Gasteiger partial charge on any atom is 0.339 e. The molecule has 0 amide bonds. The van der Waals surface area contributed by atoms with E-state index in [0.29, 0.717) is 28.1 Å². The lowest BCUT2D eigenvalue weighted by molar-refractivity contribution is -0.138. The summed E-state index contributed by atoms with van der Waals surface area (Å²) in [6, 6.07) is 7.32. The highest BCUT2D eigenvalue weighted by molar-refractivity contribution is 6.03. The first-order valence-electron chi connectivity index (χ1n) is 8.32. The number of carbonyl (C=O) groups excluding carboxylic acids is 3. The van der Waals surface area contributed by atoms with Crippen LogP contribution in [0.3, 0.4) is 0 Å². The normalized spacial score (nSPS) is 12.5. The van der Waals surface area contributed by atoms with Crippen LogP contribution >= 0.6 is 0 Å². The van der Waals surface area contributed by atoms with Crippen LogP contribution in [0.4, 0.5) is 0 Å². The summed E-state index contributed by atoms with van der Waals surface area (Å²) in [6.45, 7) is 2.94. The molecule has 7 heteroatoms. The van der Waals surface area contributed by atoms with Gasteiger partial charge >= 0.3 is 11.9 Å². The Morgan fingerprint density at radius 2 is 1.89 bits per heavy atom. The number of fused-ring (bicyclic) bond motifs is 1. The molecule has 1 N–H and O–H groups in total. The van der Waals surface area contributed by atoms with Crippen LogP contribution in [0.25, 0.3) is 6.08 Å². The molecular weight excluding hydrogens is 350 g/mol. The number of aromatic nitrogens is 1. The standard InChI is InChI=1S/C20H19NO6/c1-11-17(20(24)25-3)12(2)21-18(11)15(22)10-27-19(23)14-8-13-6-4-5-7-16(13)26-9-14/h4-8,21H,9-10H2,1-3H3. The van der Waals surface area contributed by atoms with Gasteiger partial charge in [0.05, 0.1) is 23.9 Å². The molecule has 0 fully saturated rings. The van der Waals surface area contributed by atoms with Crippen LogP contribution in [-0.2, 0) is 14.3 Å². The minimum atomic E-state index is -0.619. The summed E-state index contributed by atoms with van der Waals surface area (Å²) in [5.74, 6) is -0.887. The van der Waals surface area contributed by atoms with Crippen molar-refractivity contribution in [1.82, 2.24) is 4.98 Å². The summed E-state index contributed by atoms with van der Waals surface area (Å²) in [7, 11) is 1.27. The molecule has 2 heterocycles. The van der Waals surface area contributed by atoms with Crippen molar-refractivity contribution in [2.24, 2.45) is 0 Å². The van der Waals surface area contributed by atoms with Gasteiger partial charge in [0, 0.05) is 11.3 Å². The van der Waals surface area contributed by atoms with Crippen LogP contribution in [0.2, 0.25) is 0 Å². The molecule has 0 atom stereocenters. The first kappa shape index (κ1) is 18.4. The van der Waals surface area contributed by atoms with Crippen LogP contribution < -0.4 is 4.74 Å². The number of benzene rings is 1. The van der Waals surface area contributed by atoms with E-state index in [2.05, 4.69) is 4.98 Å². The van der Waals surface area contributed by atoms with Crippen LogP contribution in [0, 0.1) is 13.8 Å². The predicted octanol–water partition coefficient (Wildman–Crippen LogP) is 2.62. The van der Waals surface area contributed by atoms with E-state index in [1.165, 1.54) is 7.11 Å². The van der Waals surface area contributed by atoms with E-state index in [1.807, 2.05) is 24.3 Å². The number of H-pyrrole nitrogens is 1. The number of para-hydroxylation sites is 1. The molecule has 140 valence electrons. The highest BCUT2D eigenvalue weighted by Gasteiger charge is 2.24. The van der Waals surface area contributed by atoms with Gasteiger partial charge in [-0.3, -0.25) is 4.79 Å². The number of hydrogen-bond donors (Lipinski definition) is 1. The largest absolute Gasteiger partial charge is 0.488 e. The van der Waals surface area contributed by atoms with Crippen molar-refractivity contribution in [3.05, 3.63) is 57.9 Å². The molecule has 1 aromatic heterocycles. The zero-order valence-electron chi connectivity index (χ0n) is 15.3. The Balaban J connectivity index is 1.69. The second kappa shape index (κ2) is 7.49. The Labute approximate surface area is 155 Å². The van der Waals surface area contributed by atoms with Gasteiger partial charge in [0.1, 0.15) is 12.4 Å². The van der Waals surface area contributed by atoms with Crippen molar-refractivity contribution < 1.29 is 28.6 Å². The van der Waals surface area contributed by atoms with E-state index in [0.717, 1.165) is 5.56 Å². The Morgan fingerprint density at radius 1 is 1.15 bits per heavy atom. The number of Topliss-reactive ketones (excluding diaryl/α,β-unsaturated/α-hetero) is 1. The smallest absolute Gasteiger partial charge is 0.339 e. The number of hydrogen-bond acceptors (Lipinski definition) is 6. The van der Waals surface area contributed by atoms with E-state index in [1.54, 1.807) is 19.9 Å². The van der Waals surface area contributed by atoms with Crippen LogP contribution in [-0.4, -0.2) is 43.0 Å². The third-order valence-corrected chi connectivity index (χ3v) is 4.33. The van der Waals surface area contributed by atoms with Crippen molar-refractivity contribution in [2.75, 3.05) is 20.3 Å². The fourth-order valence-electron chi connectivity index (χ4n) is 2.97. The number of rotatable bonds is 5. The number of aromatic amines is 1. The van der Waals surface area contributed by atoms with Gasteiger partial charge in [-0.25, -0.2) is 9.59 Å². The van der Waals surface area contributed by atoms with E-state index >= 15 is 0 Å². The summed E-state index contributed by atoms with van der Waals surface area (Å²) in [6.07, 6.45) is 1.69. The quantitative estimate of drug-likeness (QED) is 0.643. The highest BCUT2D eigenvalue weighted by atomic mass is 16.5. The molecule has 0 unspecified atom stereocenters. The van der Waals surface area contributed by atoms with Crippen molar-refractivity contribution in [3.63, 3.8) is 0 Å². The molecule has 27 heavy (non-hydrogen) atoms. The molecule has 0 saturated heterocycles. The lowest BCUT2D eigenvalue weighted by atomic mass is 10.1. The fraction of sp³-hybridized carbons (Fsp3) is 0.250. The molecule has 0 aliphatic carbocycles. The minimum absolute atomic E-state index is 0.0805. The van der Waals surface area contributed by atoms with Gasteiger partial charge in [0.25, 0.3) is 0 Å². The van der Waals surface area contributed by atoms with Gasteiger partial charge in [0.2, 0.25) is 5.78 Å². The third-order valence-electron chi connectivity index (χ3n) is 4.33. The number of ether oxygens (including phenoxy) is 3. The molecule has 0 radical (unpaired) electrons. The Bertz CT molecular complexity index is 953. The number of ketones is 1. The van der Waals surface area contributed by atoms with Crippen LogP contribution in [0.15, 0.2) is 29.8 Å². The zero-order chi connectivity index (χ0) is 19.6. The highest BCUT2D eigenvalue weighted by Crippen LogP contribution is 2.26. The van der Waals surface area contributed by atoms with Crippen molar-refractivity contribution in [2.45, 2.75) is 13.8 Å². The fourth-order valence-corrected chi connectivity index (χ4v) is 2.97. The molecule has 0 spiro atoms. The molecule has 7 nitrogen and oxygen atoms in total. The van der Waals surface area contributed by atoms with Crippen LogP contribution in [0.5, 0.6) is 5.75 Å². The zero-order valence-corrected chi connectivity index (χ0v) is 15.3. The molecule has 1 aliphatic heterocycles. The monoisotopic (exact) mass is 369 g/mol. The van der Waals surface area contributed by atoms with Gasteiger partial charge in [-0.05, 0) is 31.6 Å². The summed E-state index contributed by atoms with van der Waals surface area (Å²) in [5.41, 5.74) is 2.63. The first-order valence-corrected chi connectivity index (χ1v) is 8.32. The van der Waals surface area contributed by atoms with Crippen molar-refractivity contribution in [1.29, 1.82) is 0 Å². The van der Waals surface area contributed by atoms with Gasteiger partial charge in [-0.2, -0.15) is 0 Å². The second-order valence-electron chi connectivity index (χ2n) is 6.11. The minimum Gasteiger partial charge on any atom is -0.488 e. The summed E-state index contributed by atoms with van der Waals surface area (Å²) >= 11 is 0. The van der Waals surface area contributed by atoms with E-state index in [-0.39, 0.29) is 12.3 Å². The summed E-state index contributed by atoms with van der Waals surface area (Å²) < 4.78 is 15.4. The molecular formula is C20H19NO6. The number of carbonyl (C=O) groups is 3. The average molecular weight is 369 g/mol. The predicted molar refractivity (Wildman–Crippen MR) is 96.8 cm³/mol. The van der Waals surface area contributed by atoms with E-state index < -0.39 is 24.3 Å². The van der Waals surface area contributed by atoms with Gasteiger partial charge < -0.3 is 19.2 Å². The average Bonchev–Trinajstić information content (AvgIpc) is 2.99. The summed E-state index contributed by atoms with van der Waals surface area (Å²) in [5, 5.41) is 0. The number of methoxy groups -OCH3 is 1. The van der Waals surface area contributed by atoms with Gasteiger partial charge in [0.15, 0.2) is 6.61 Å². The number of nitrogens with one attached hydrogen (secondary N) is 1. The molecule has 1 aliphatic rings. The lowest BCUT2D eigenvalue weighted by Crippen LogP contribution is -2.21. The van der Waals surface area contributed by atoms with Crippen molar-refractivity contribution >= 4 is 23.8 Å². The van der Waals surface area contributed by atoms with Gasteiger partial charge in [-0.15, -0.1) is 0 Å². The molecule has 3 rings (SSSR count). The number of esters is 2. The third kappa shape index (κ3) is 3.62. The lowest BCUT2D eigenvalue weighted by Gasteiger charge is -2.16. The Hall–Kier alpha value is -3.35. The first-order chi connectivity index (χ1) is 12.9. The maximum absolute atomic E-state index is 12.4. The Morgan fingerprint density at radius 3 is 2.63 bits per heavy atom.